The van der Waals surface area contributed by atoms with E-state index in [9.17, 15) is 20.2 Å². The van der Waals surface area contributed by atoms with E-state index in [2.05, 4.69) is 4.74 Å². The first-order chi connectivity index (χ1) is 7.45. The van der Waals surface area contributed by atoms with Gasteiger partial charge in [-0.1, -0.05) is 0 Å². The molecular weight excluding hydrogens is 218 g/mol. The van der Waals surface area contributed by atoms with Crippen LogP contribution in [0.2, 0.25) is 0 Å². The van der Waals surface area contributed by atoms with E-state index >= 15 is 0 Å². The lowest BCUT2D eigenvalue weighted by Gasteiger charge is -2.15. The number of aromatic hydroxyl groups is 2. The van der Waals surface area contributed by atoms with Gasteiger partial charge in [0.1, 0.15) is 5.75 Å². The van der Waals surface area contributed by atoms with Gasteiger partial charge in [-0.25, -0.2) is 5.21 Å². The van der Waals surface area contributed by atoms with Crippen molar-refractivity contribution in [3.63, 3.8) is 0 Å². The van der Waals surface area contributed by atoms with Gasteiger partial charge < -0.3 is 20.2 Å². The molecule has 0 heterocycles. The molecule has 0 bridgehead atoms. The number of hydrogen-bond acceptors (Lipinski definition) is 6. The molecule has 0 saturated heterocycles. The number of hydrogen-bond donors (Lipinski definition) is 4. The molecule has 1 unspecified atom stereocenters. The lowest BCUT2D eigenvalue weighted by molar-refractivity contribution is -0.991. The molecule has 1 aromatic carbocycles. The topological polar surface area (TPSA) is 114 Å². The molecule has 1 aromatic rings. The monoisotopic (exact) mass is 229 g/mol. The minimum Gasteiger partial charge on any atom is -0.595 e. The van der Waals surface area contributed by atoms with Crippen molar-refractivity contribution in [2.75, 3.05) is 7.11 Å². The average molecular weight is 229 g/mol. The van der Waals surface area contributed by atoms with Gasteiger partial charge in [-0.05, 0) is 6.07 Å². The Morgan fingerprint density at radius 1 is 1.50 bits per heavy atom. The van der Waals surface area contributed by atoms with Gasteiger partial charge in [0.25, 0.3) is 0 Å². The summed E-state index contributed by atoms with van der Waals surface area (Å²) in [7, 11) is 1.17. The average Bonchev–Trinajstić information content (AvgIpc) is 2.22. The van der Waals surface area contributed by atoms with Gasteiger partial charge in [0, 0.05) is 11.6 Å². The van der Waals surface area contributed by atoms with Crippen LogP contribution < -0.4 is 5.23 Å². The molecule has 0 fully saturated rings. The summed E-state index contributed by atoms with van der Waals surface area (Å²) in [6.45, 7) is 0. The third kappa shape index (κ3) is 2.60. The predicted octanol–water partition coefficient (Wildman–Crippen LogP) is -0.783. The van der Waals surface area contributed by atoms with Gasteiger partial charge in [-0.2, -0.15) is 5.23 Å². The van der Waals surface area contributed by atoms with Crippen molar-refractivity contribution in [1.82, 2.24) is 0 Å². The SMILES string of the molecule is COC(=O)Cc1cc(O)cc([NH+]([O-])O)c1O. The van der Waals surface area contributed by atoms with Crippen molar-refractivity contribution in [2.45, 2.75) is 6.42 Å². The first-order valence-electron chi connectivity index (χ1n) is 4.30. The third-order valence-electron chi connectivity index (χ3n) is 1.97. The highest BCUT2D eigenvalue weighted by atomic mass is 16.8. The second-order valence-corrected chi connectivity index (χ2v) is 3.06. The van der Waals surface area contributed by atoms with Crippen LogP contribution >= 0.6 is 0 Å². The molecule has 0 spiro atoms. The molecule has 0 aromatic heterocycles. The molecule has 0 amide bonds. The normalized spacial score (nSPS) is 12.2. The minimum atomic E-state index is -1.39. The zero-order chi connectivity index (χ0) is 12.3. The molecule has 0 aliphatic carbocycles. The molecule has 0 radical (unpaired) electrons. The zero-order valence-electron chi connectivity index (χ0n) is 8.43. The maximum Gasteiger partial charge on any atom is 0.310 e. The number of benzene rings is 1. The van der Waals surface area contributed by atoms with Crippen LogP contribution in [0.1, 0.15) is 5.56 Å². The molecular formula is C9H11NO6. The van der Waals surface area contributed by atoms with E-state index in [0.717, 1.165) is 12.1 Å². The number of esters is 1. The van der Waals surface area contributed by atoms with E-state index in [1.54, 1.807) is 0 Å². The van der Waals surface area contributed by atoms with Crippen molar-refractivity contribution in [3.8, 4) is 11.5 Å². The van der Waals surface area contributed by atoms with E-state index in [1.165, 1.54) is 7.11 Å². The molecule has 7 heteroatoms. The standard InChI is InChI=1S/C9H11NO6/c1-16-8(12)3-5-2-6(11)4-7(9(5)13)10(14)15/h2,4,10-11,13-14H,3H2,1H3. The number of nitrogens with one attached hydrogen (secondary N) is 1. The van der Waals surface area contributed by atoms with Crippen LogP contribution in [-0.2, 0) is 16.0 Å². The third-order valence-corrected chi connectivity index (χ3v) is 1.97. The van der Waals surface area contributed by atoms with E-state index in [1.807, 2.05) is 0 Å². The van der Waals surface area contributed by atoms with Crippen LogP contribution in [0, 0.1) is 5.21 Å². The molecule has 0 aliphatic heterocycles. The Bertz CT molecular complexity index is 403. The number of ether oxygens (including phenoxy) is 1. The quantitative estimate of drug-likeness (QED) is 0.234. The zero-order valence-corrected chi connectivity index (χ0v) is 8.43. The largest absolute Gasteiger partial charge is 0.595 e. The highest BCUT2D eigenvalue weighted by Gasteiger charge is 2.17. The van der Waals surface area contributed by atoms with Crippen molar-refractivity contribution in [3.05, 3.63) is 22.9 Å². The van der Waals surface area contributed by atoms with Gasteiger partial charge in [0.05, 0.1) is 13.5 Å². The van der Waals surface area contributed by atoms with Crippen molar-refractivity contribution >= 4 is 11.7 Å². The van der Waals surface area contributed by atoms with E-state index in [-0.39, 0.29) is 17.7 Å². The molecule has 0 saturated carbocycles. The van der Waals surface area contributed by atoms with Crippen LogP contribution in [0.15, 0.2) is 12.1 Å². The fraction of sp³-hybridized carbons (Fsp3) is 0.222. The lowest BCUT2D eigenvalue weighted by atomic mass is 10.1. The Hall–Kier alpha value is -1.83. The number of methoxy groups -OCH3 is 1. The van der Waals surface area contributed by atoms with E-state index < -0.39 is 22.6 Å². The Morgan fingerprint density at radius 3 is 2.62 bits per heavy atom. The van der Waals surface area contributed by atoms with E-state index in [0.29, 0.717) is 0 Å². The van der Waals surface area contributed by atoms with Gasteiger partial charge >= 0.3 is 5.97 Å². The highest BCUT2D eigenvalue weighted by molar-refractivity contribution is 5.74. The Labute approximate surface area is 90.6 Å². The maximum atomic E-state index is 11.0. The molecule has 7 nitrogen and oxygen atoms in total. The van der Waals surface area contributed by atoms with Crippen LogP contribution in [0.25, 0.3) is 0 Å². The number of rotatable bonds is 3. The summed E-state index contributed by atoms with van der Waals surface area (Å²) in [5.74, 6) is -1.53. The highest BCUT2D eigenvalue weighted by Crippen LogP contribution is 2.30. The number of carbonyl (C=O) groups excluding carboxylic acids is 1. The number of carbonyl (C=O) groups is 1. The van der Waals surface area contributed by atoms with Crippen molar-refractivity contribution < 1.29 is 30.2 Å². The number of phenols is 2. The Balaban J connectivity index is 3.14. The first kappa shape index (κ1) is 12.2. The van der Waals surface area contributed by atoms with Gasteiger partial charge in [-0.3, -0.25) is 4.79 Å². The number of quaternary nitrogens is 1. The summed E-state index contributed by atoms with van der Waals surface area (Å²) in [6.07, 6.45) is -0.309. The van der Waals surface area contributed by atoms with Crippen molar-refractivity contribution in [1.29, 1.82) is 0 Å². The van der Waals surface area contributed by atoms with Crippen molar-refractivity contribution in [2.24, 2.45) is 0 Å². The van der Waals surface area contributed by atoms with Crippen LogP contribution in [0.4, 0.5) is 5.69 Å². The second-order valence-electron chi connectivity index (χ2n) is 3.06. The molecule has 1 rings (SSSR count). The van der Waals surface area contributed by atoms with Gasteiger partial charge in [-0.15, -0.1) is 0 Å². The van der Waals surface area contributed by atoms with Gasteiger partial charge in [0.2, 0.25) is 5.69 Å². The molecule has 0 aliphatic rings. The molecule has 4 N–H and O–H groups in total. The molecule has 88 valence electrons. The number of phenolic OH excluding ortho intramolecular Hbond substituents is 2. The fourth-order valence-corrected chi connectivity index (χ4v) is 1.20. The maximum absolute atomic E-state index is 11.0. The van der Waals surface area contributed by atoms with Crippen LogP contribution in [0.3, 0.4) is 0 Å². The minimum absolute atomic E-state index is 0.00394. The fourth-order valence-electron chi connectivity index (χ4n) is 1.20. The molecule has 16 heavy (non-hydrogen) atoms. The van der Waals surface area contributed by atoms with Crippen LogP contribution in [-0.4, -0.2) is 28.5 Å². The lowest BCUT2D eigenvalue weighted by Crippen LogP contribution is -2.99. The smallest absolute Gasteiger partial charge is 0.310 e. The summed E-state index contributed by atoms with van der Waals surface area (Å²) in [6, 6.07) is 2.01. The summed E-state index contributed by atoms with van der Waals surface area (Å²) in [5, 5.41) is 36.8. The Morgan fingerprint density at radius 2 is 2.12 bits per heavy atom. The summed E-state index contributed by atoms with van der Waals surface area (Å²) < 4.78 is 4.37. The van der Waals surface area contributed by atoms with Gasteiger partial charge in [0.15, 0.2) is 5.75 Å². The van der Waals surface area contributed by atoms with E-state index in [4.69, 9.17) is 5.21 Å². The predicted molar refractivity (Wildman–Crippen MR) is 51.3 cm³/mol. The Kier molecular flexibility index (Phi) is 3.67. The first-order valence-corrected chi connectivity index (χ1v) is 4.30. The van der Waals surface area contributed by atoms with Crippen LogP contribution in [0.5, 0.6) is 11.5 Å². The summed E-state index contributed by atoms with van der Waals surface area (Å²) in [4.78, 5) is 11.0. The summed E-state index contributed by atoms with van der Waals surface area (Å²) >= 11 is 0. The molecule has 1 atom stereocenters. The second kappa shape index (κ2) is 4.79. The summed E-state index contributed by atoms with van der Waals surface area (Å²) in [5.41, 5.74) is -0.455.